The van der Waals surface area contributed by atoms with Crippen LogP contribution in [0.3, 0.4) is 0 Å². The molecule has 1 aromatic carbocycles. The molecule has 0 amide bonds. The largest absolute Gasteiger partial charge is 0.252 e. The van der Waals surface area contributed by atoms with Crippen LogP contribution >= 0.6 is 11.6 Å². The fraction of sp³-hybridized carbons (Fsp3) is 0.231. The van der Waals surface area contributed by atoms with E-state index in [4.69, 9.17) is 16.9 Å². The summed E-state index contributed by atoms with van der Waals surface area (Å²) in [6.45, 7) is 2.48. The Bertz CT molecular complexity index is 552. The lowest BCUT2D eigenvalue weighted by Crippen LogP contribution is -1.99. The quantitative estimate of drug-likeness (QED) is 0.831. The Kier molecular flexibility index (Phi) is 3.46. The number of rotatable bonds is 3. The molecular weight excluding hydrogens is 234 g/mol. The van der Waals surface area contributed by atoms with Crippen LogP contribution in [0.2, 0.25) is 5.15 Å². The first-order valence-electron chi connectivity index (χ1n) is 5.39. The summed E-state index contributed by atoms with van der Waals surface area (Å²) < 4.78 is 1.68. The summed E-state index contributed by atoms with van der Waals surface area (Å²) in [5.41, 5.74) is 2.88. The summed E-state index contributed by atoms with van der Waals surface area (Å²) in [4.78, 5) is 0. The molecule has 0 unspecified atom stereocenters. The fourth-order valence-corrected chi connectivity index (χ4v) is 1.92. The van der Waals surface area contributed by atoms with Gasteiger partial charge in [-0.1, -0.05) is 41.9 Å². The number of nitriles is 1. The van der Waals surface area contributed by atoms with E-state index in [9.17, 15) is 0 Å². The molecule has 0 spiro atoms. The Hall–Kier alpha value is -1.79. The molecular formula is C13H12ClN3. The van der Waals surface area contributed by atoms with E-state index in [2.05, 4.69) is 11.2 Å². The van der Waals surface area contributed by atoms with Gasteiger partial charge in [0, 0.05) is 11.1 Å². The van der Waals surface area contributed by atoms with Crippen molar-refractivity contribution in [2.75, 3.05) is 0 Å². The lowest BCUT2D eigenvalue weighted by atomic mass is 10.1. The maximum Gasteiger partial charge on any atom is 0.130 e. The van der Waals surface area contributed by atoms with Crippen LogP contribution in [0.25, 0.3) is 11.3 Å². The van der Waals surface area contributed by atoms with Crippen molar-refractivity contribution in [3.8, 4) is 17.3 Å². The van der Waals surface area contributed by atoms with Crippen molar-refractivity contribution in [3.63, 3.8) is 0 Å². The molecule has 0 saturated carbocycles. The Labute approximate surface area is 105 Å². The zero-order valence-electron chi connectivity index (χ0n) is 9.52. The van der Waals surface area contributed by atoms with Gasteiger partial charge in [0.1, 0.15) is 5.15 Å². The number of nitrogens with zero attached hydrogens (tertiary/aromatic N) is 3. The van der Waals surface area contributed by atoms with E-state index in [1.54, 1.807) is 4.68 Å². The van der Waals surface area contributed by atoms with Gasteiger partial charge in [-0.2, -0.15) is 10.4 Å². The Morgan fingerprint density at radius 2 is 2.06 bits per heavy atom. The van der Waals surface area contributed by atoms with Crippen LogP contribution in [0.5, 0.6) is 0 Å². The predicted octanol–water partition coefficient (Wildman–Crippen LogP) is 3.43. The van der Waals surface area contributed by atoms with Gasteiger partial charge in [0.25, 0.3) is 0 Å². The number of aryl methyl sites for hydroxylation is 1. The minimum Gasteiger partial charge on any atom is -0.252 e. The van der Waals surface area contributed by atoms with E-state index in [1.807, 2.05) is 37.3 Å². The first kappa shape index (κ1) is 11.7. The molecule has 86 valence electrons. The van der Waals surface area contributed by atoms with Crippen molar-refractivity contribution < 1.29 is 0 Å². The minimum absolute atomic E-state index is 0.412. The van der Waals surface area contributed by atoms with Gasteiger partial charge in [-0.3, -0.25) is 4.68 Å². The van der Waals surface area contributed by atoms with Crippen molar-refractivity contribution in [2.24, 2.45) is 0 Å². The molecule has 1 heterocycles. The standard InChI is InChI=1S/C13H12ClN3/c1-10-12(11-6-3-2-4-7-11)16-17(13(10)14)9-5-8-15/h2-4,6-7H,5,9H2,1H3. The summed E-state index contributed by atoms with van der Waals surface area (Å²) in [7, 11) is 0. The second-order valence-electron chi connectivity index (χ2n) is 3.76. The van der Waals surface area contributed by atoms with Crippen LogP contribution in [0.1, 0.15) is 12.0 Å². The van der Waals surface area contributed by atoms with Gasteiger partial charge in [-0.05, 0) is 6.92 Å². The van der Waals surface area contributed by atoms with E-state index in [0.717, 1.165) is 16.8 Å². The normalized spacial score (nSPS) is 10.2. The highest BCUT2D eigenvalue weighted by atomic mass is 35.5. The third-order valence-electron chi connectivity index (χ3n) is 2.59. The lowest BCUT2D eigenvalue weighted by molar-refractivity contribution is 0.630. The zero-order valence-corrected chi connectivity index (χ0v) is 10.3. The number of halogens is 1. The van der Waals surface area contributed by atoms with Crippen LogP contribution in [-0.2, 0) is 6.54 Å². The van der Waals surface area contributed by atoms with E-state index in [-0.39, 0.29) is 0 Å². The highest BCUT2D eigenvalue weighted by molar-refractivity contribution is 6.30. The summed E-state index contributed by atoms with van der Waals surface area (Å²) in [6, 6.07) is 12.0. The molecule has 2 aromatic rings. The second-order valence-corrected chi connectivity index (χ2v) is 4.12. The van der Waals surface area contributed by atoms with Gasteiger partial charge in [0.2, 0.25) is 0 Å². The SMILES string of the molecule is Cc1c(-c2ccccc2)nn(CCC#N)c1Cl. The van der Waals surface area contributed by atoms with Crippen LogP contribution in [0.4, 0.5) is 0 Å². The highest BCUT2D eigenvalue weighted by Crippen LogP contribution is 2.27. The van der Waals surface area contributed by atoms with E-state index >= 15 is 0 Å². The molecule has 0 aliphatic heterocycles. The molecule has 3 nitrogen and oxygen atoms in total. The van der Waals surface area contributed by atoms with Crippen LogP contribution < -0.4 is 0 Å². The Morgan fingerprint density at radius 1 is 1.35 bits per heavy atom. The van der Waals surface area contributed by atoms with Gasteiger partial charge in [-0.25, -0.2) is 0 Å². The molecule has 17 heavy (non-hydrogen) atoms. The molecule has 0 N–H and O–H groups in total. The lowest BCUT2D eigenvalue weighted by Gasteiger charge is -1.97. The minimum atomic E-state index is 0.412. The molecule has 0 saturated heterocycles. The molecule has 0 aliphatic rings. The molecule has 0 bridgehead atoms. The topological polar surface area (TPSA) is 41.6 Å². The Morgan fingerprint density at radius 3 is 2.71 bits per heavy atom. The maximum absolute atomic E-state index is 8.58. The van der Waals surface area contributed by atoms with Gasteiger partial charge >= 0.3 is 0 Å². The Balaban J connectivity index is 2.40. The zero-order chi connectivity index (χ0) is 12.3. The number of hydrogen-bond acceptors (Lipinski definition) is 2. The summed E-state index contributed by atoms with van der Waals surface area (Å²) in [5.74, 6) is 0. The molecule has 0 aliphatic carbocycles. The number of hydrogen-bond donors (Lipinski definition) is 0. The van der Waals surface area contributed by atoms with Gasteiger partial charge in [-0.15, -0.1) is 0 Å². The molecule has 0 atom stereocenters. The molecule has 0 radical (unpaired) electrons. The molecule has 2 rings (SSSR count). The first-order chi connectivity index (χ1) is 8.24. The van der Waals surface area contributed by atoms with Crippen molar-refractivity contribution in [2.45, 2.75) is 19.9 Å². The highest BCUT2D eigenvalue weighted by Gasteiger charge is 2.13. The fourth-order valence-electron chi connectivity index (χ4n) is 1.71. The smallest absolute Gasteiger partial charge is 0.130 e. The maximum atomic E-state index is 8.58. The molecule has 0 fully saturated rings. The number of aromatic nitrogens is 2. The van der Waals surface area contributed by atoms with Crippen molar-refractivity contribution in [1.29, 1.82) is 5.26 Å². The van der Waals surface area contributed by atoms with Crippen molar-refractivity contribution in [3.05, 3.63) is 41.0 Å². The second kappa shape index (κ2) is 5.03. The average molecular weight is 246 g/mol. The summed E-state index contributed by atoms with van der Waals surface area (Å²) in [5, 5.41) is 13.6. The summed E-state index contributed by atoms with van der Waals surface area (Å²) in [6.07, 6.45) is 0.412. The first-order valence-corrected chi connectivity index (χ1v) is 5.77. The monoisotopic (exact) mass is 245 g/mol. The van der Waals surface area contributed by atoms with Crippen molar-refractivity contribution >= 4 is 11.6 Å². The predicted molar refractivity (Wildman–Crippen MR) is 67.6 cm³/mol. The third-order valence-corrected chi connectivity index (χ3v) is 3.07. The van der Waals surface area contributed by atoms with Crippen LogP contribution in [-0.4, -0.2) is 9.78 Å². The van der Waals surface area contributed by atoms with E-state index in [0.29, 0.717) is 18.1 Å². The molecule has 1 aromatic heterocycles. The third kappa shape index (κ3) is 2.32. The van der Waals surface area contributed by atoms with E-state index in [1.165, 1.54) is 0 Å². The molecule has 4 heteroatoms. The summed E-state index contributed by atoms with van der Waals surface area (Å²) >= 11 is 6.19. The van der Waals surface area contributed by atoms with Crippen molar-refractivity contribution in [1.82, 2.24) is 9.78 Å². The van der Waals surface area contributed by atoms with Gasteiger partial charge in [0.05, 0.1) is 24.7 Å². The van der Waals surface area contributed by atoms with Crippen LogP contribution in [0.15, 0.2) is 30.3 Å². The van der Waals surface area contributed by atoms with Gasteiger partial charge < -0.3 is 0 Å². The van der Waals surface area contributed by atoms with Gasteiger partial charge in [0.15, 0.2) is 0 Å². The van der Waals surface area contributed by atoms with Crippen LogP contribution in [0, 0.1) is 18.3 Å². The number of benzene rings is 1. The average Bonchev–Trinajstić information content (AvgIpc) is 2.65. The van der Waals surface area contributed by atoms with E-state index < -0.39 is 0 Å².